The number of thiophene rings is 1. The summed E-state index contributed by atoms with van der Waals surface area (Å²) in [5.41, 5.74) is 1.26. The number of fused-ring (bicyclic) bond motifs is 1. The van der Waals surface area contributed by atoms with Gasteiger partial charge in [0.1, 0.15) is 10.6 Å². The maximum absolute atomic E-state index is 12.7. The van der Waals surface area contributed by atoms with Gasteiger partial charge in [-0.15, -0.1) is 11.3 Å². The molecule has 3 aromatic rings. The highest BCUT2D eigenvalue weighted by molar-refractivity contribution is 7.15. The van der Waals surface area contributed by atoms with Crippen molar-refractivity contribution in [2.45, 2.75) is 0 Å². The number of nitrogens with zero attached hydrogens (tertiary/aromatic N) is 1. The predicted octanol–water partition coefficient (Wildman–Crippen LogP) is 5.22. The molecule has 134 valence electrons. The third-order valence-corrected chi connectivity index (χ3v) is 5.92. The Balaban J connectivity index is 1.87. The lowest BCUT2D eigenvalue weighted by atomic mass is 10.0. The summed E-state index contributed by atoms with van der Waals surface area (Å²) in [6.45, 7) is 0. The molecule has 0 saturated heterocycles. The molecule has 0 fully saturated rings. The summed E-state index contributed by atoms with van der Waals surface area (Å²) >= 11 is 13.0. The Bertz CT molecular complexity index is 1100. The van der Waals surface area contributed by atoms with E-state index in [0.29, 0.717) is 16.1 Å². The van der Waals surface area contributed by atoms with Crippen LogP contribution in [-0.2, 0) is 0 Å². The molecule has 0 saturated carbocycles. The van der Waals surface area contributed by atoms with Gasteiger partial charge in [-0.1, -0.05) is 41.4 Å². The van der Waals surface area contributed by atoms with E-state index in [2.05, 4.69) is 0 Å². The largest absolute Gasteiger partial charge is 0.478 e. The molecule has 1 aliphatic heterocycles. The Morgan fingerprint density at radius 1 is 0.926 bits per heavy atom. The molecule has 0 bridgehead atoms. The van der Waals surface area contributed by atoms with Gasteiger partial charge in [-0.05, 0) is 29.8 Å². The summed E-state index contributed by atoms with van der Waals surface area (Å²) in [5, 5.41) is 12.0. The van der Waals surface area contributed by atoms with Crippen LogP contribution in [0.2, 0.25) is 10.0 Å². The second-order valence-corrected chi connectivity index (χ2v) is 7.43. The Labute approximate surface area is 167 Å². The number of benzene rings is 2. The third-order valence-electron chi connectivity index (χ3n) is 4.21. The van der Waals surface area contributed by atoms with Crippen molar-refractivity contribution in [2.24, 2.45) is 0 Å². The molecule has 8 heteroatoms. The molecule has 2 amide bonds. The van der Waals surface area contributed by atoms with Crippen molar-refractivity contribution in [3.8, 4) is 11.1 Å². The van der Waals surface area contributed by atoms with Crippen molar-refractivity contribution in [3.63, 3.8) is 0 Å². The van der Waals surface area contributed by atoms with Gasteiger partial charge in [-0.3, -0.25) is 9.59 Å². The number of hydrogen-bond acceptors (Lipinski definition) is 4. The van der Waals surface area contributed by atoms with Crippen molar-refractivity contribution in [2.75, 3.05) is 4.90 Å². The van der Waals surface area contributed by atoms with E-state index in [0.717, 1.165) is 16.2 Å². The molecular formula is C19H9Cl2NO4S. The van der Waals surface area contributed by atoms with Gasteiger partial charge in [-0.25, -0.2) is 9.69 Å². The Hall–Kier alpha value is -2.67. The minimum Gasteiger partial charge on any atom is -0.478 e. The van der Waals surface area contributed by atoms with E-state index in [9.17, 15) is 19.5 Å². The van der Waals surface area contributed by atoms with Crippen LogP contribution in [0.3, 0.4) is 0 Å². The smallest absolute Gasteiger partial charge is 0.339 e. The summed E-state index contributed by atoms with van der Waals surface area (Å²) in [4.78, 5) is 38.3. The Morgan fingerprint density at radius 3 is 2.11 bits per heavy atom. The number of hydrogen-bond donors (Lipinski definition) is 1. The summed E-state index contributed by atoms with van der Waals surface area (Å²) < 4.78 is 0. The van der Waals surface area contributed by atoms with Crippen molar-refractivity contribution < 1.29 is 19.5 Å². The average molecular weight is 418 g/mol. The highest BCUT2D eigenvalue weighted by Gasteiger charge is 2.39. The number of amides is 2. The zero-order chi connectivity index (χ0) is 19.3. The summed E-state index contributed by atoms with van der Waals surface area (Å²) in [7, 11) is 0. The molecule has 5 nitrogen and oxygen atoms in total. The number of halogens is 2. The van der Waals surface area contributed by atoms with Gasteiger partial charge in [0.05, 0.1) is 21.2 Å². The van der Waals surface area contributed by atoms with Crippen LogP contribution in [0.5, 0.6) is 0 Å². The predicted molar refractivity (Wildman–Crippen MR) is 104 cm³/mol. The molecule has 2 heterocycles. The van der Waals surface area contributed by atoms with Gasteiger partial charge < -0.3 is 5.11 Å². The molecule has 1 aromatic heterocycles. The van der Waals surface area contributed by atoms with E-state index in [4.69, 9.17) is 23.2 Å². The SMILES string of the molecule is O=C(O)c1c(-c2ccc(Cl)c(Cl)c2)csc1N1C(=O)c2ccccc2C1=O. The minimum absolute atomic E-state index is 0.0646. The van der Waals surface area contributed by atoms with Crippen molar-refractivity contribution >= 4 is 57.3 Å². The number of carboxylic acids is 1. The number of rotatable bonds is 3. The number of carbonyl (C=O) groups excluding carboxylic acids is 2. The quantitative estimate of drug-likeness (QED) is 0.592. The van der Waals surface area contributed by atoms with E-state index in [1.165, 1.54) is 0 Å². The second kappa shape index (κ2) is 6.49. The van der Waals surface area contributed by atoms with E-state index >= 15 is 0 Å². The van der Waals surface area contributed by atoms with Crippen LogP contribution in [0.1, 0.15) is 31.1 Å². The van der Waals surface area contributed by atoms with Gasteiger partial charge >= 0.3 is 5.97 Å². The minimum atomic E-state index is -1.25. The number of aromatic carboxylic acids is 1. The lowest BCUT2D eigenvalue weighted by Gasteiger charge is -2.13. The fourth-order valence-electron chi connectivity index (χ4n) is 2.97. The lowest BCUT2D eigenvalue weighted by Crippen LogP contribution is -2.30. The molecule has 1 aliphatic rings. The van der Waals surface area contributed by atoms with E-state index in [1.54, 1.807) is 47.8 Å². The molecule has 2 aromatic carbocycles. The van der Waals surface area contributed by atoms with Gasteiger partial charge in [-0.2, -0.15) is 0 Å². The van der Waals surface area contributed by atoms with E-state index in [1.807, 2.05) is 0 Å². The van der Waals surface area contributed by atoms with Crippen molar-refractivity contribution in [1.82, 2.24) is 0 Å². The number of imide groups is 1. The van der Waals surface area contributed by atoms with Gasteiger partial charge in [0.15, 0.2) is 0 Å². The zero-order valence-electron chi connectivity index (χ0n) is 13.4. The molecule has 0 radical (unpaired) electrons. The molecule has 0 atom stereocenters. The molecule has 0 spiro atoms. The monoisotopic (exact) mass is 417 g/mol. The fourth-order valence-corrected chi connectivity index (χ4v) is 4.34. The molecule has 1 N–H and O–H groups in total. The second-order valence-electron chi connectivity index (χ2n) is 5.75. The topological polar surface area (TPSA) is 74.7 Å². The molecular weight excluding hydrogens is 409 g/mol. The normalized spacial score (nSPS) is 13.2. The Morgan fingerprint density at radius 2 is 1.56 bits per heavy atom. The maximum atomic E-state index is 12.7. The average Bonchev–Trinajstić information content (AvgIpc) is 3.18. The standard InChI is InChI=1S/C19H9Cl2NO4S/c20-13-6-5-9(7-14(13)21)12-8-27-18(15(12)19(25)26)22-16(23)10-3-1-2-4-11(10)17(22)24/h1-8H,(H,25,26). The summed E-state index contributed by atoms with van der Waals surface area (Å²) in [5.74, 6) is -2.33. The number of carbonyl (C=O) groups is 3. The van der Waals surface area contributed by atoms with Crippen LogP contribution in [-0.4, -0.2) is 22.9 Å². The third kappa shape index (κ3) is 2.73. The van der Waals surface area contributed by atoms with Crippen LogP contribution in [0, 0.1) is 0 Å². The van der Waals surface area contributed by atoms with Gasteiger partial charge in [0.25, 0.3) is 11.8 Å². The summed E-state index contributed by atoms with van der Waals surface area (Å²) in [6, 6.07) is 11.1. The molecule has 4 rings (SSSR count). The Kier molecular flexibility index (Phi) is 4.26. The number of carboxylic acid groups (broad SMARTS) is 1. The highest BCUT2D eigenvalue weighted by atomic mass is 35.5. The van der Waals surface area contributed by atoms with E-state index < -0.39 is 17.8 Å². The first-order valence-electron chi connectivity index (χ1n) is 7.68. The van der Waals surface area contributed by atoms with Crippen molar-refractivity contribution in [1.29, 1.82) is 0 Å². The van der Waals surface area contributed by atoms with Crippen molar-refractivity contribution in [3.05, 3.63) is 74.6 Å². The highest BCUT2D eigenvalue weighted by Crippen LogP contribution is 2.42. The van der Waals surface area contributed by atoms with Gasteiger partial charge in [0, 0.05) is 10.9 Å². The van der Waals surface area contributed by atoms with Gasteiger partial charge in [0.2, 0.25) is 0 Å². The molecule has 27 heavy (non-hydrogen) atoms. The zero-order valence-corrected chi connectivity index (χ0v) is 15.7. The number of anilines is 1. The first-order valence-corrected chi connectivity index (χ1v) is 9.31. The summed E-state index contributed by atoms with van der Waals surface area (Å²) in [6.07, 6.45) is 0. The van der Waals surface area contributed by atoms with Crippen LogP contribution < -0.4 is 4.90 Å². The first-order chi connectivity index (χ1) is 12.9. The lowest BCUT2D eigenvalue weighted by molar-refractivity contribution is 0.0699. The fraction of sp³-hybridized carbons (Fsp3) is 0. The first kappa shape index (κ1) is 17.7. The van der Waals surface area contributed by atoms with E-state index in [-0.39, 0.29) is 26.7 Å². The van der Waals surface area contributed by atoms with Crippen LogP contribution in [0.15, 0.2) is 47.8 Å². The maximum Gasteiger partial charge on any atom is 0.339 e. The molecule has 0 unspecified atom stereocenters. The molecule has 0 aliphatic carbocycles. The van der Waals surface area contributed by atoms with Crippen LogP contribution >= 0.6 is 34.5 Å². The van der Waals surface area contributed by atoms with Crippen LogP contribution in [0.25, 0.3) is 11.1 Å². The van der Waals surface area contributed by atoms with Crippen LogP contribution in [0.4, 0.5) is 5.00 Å².